The molecule has 0 saturated heterocycles. The highest BCUT2D eigenvalue weighted by atomic mass is 35.5. The first-order chi connectivity index (χ1) is 14.5. The molecule has 0 saturated carbocycles. The Bertz CT molecular complexity index is 1110. The quantitative estimate of drug-likeness (QED) is 0.382. The number of pyridine rings is 1. The van der Waals surface area contributed by atoms with Gasteiger partial charge in [-0.05, 0) is 24.3 Å². The Labute approximate surface area is 187 Å². The minimum absolute atomic E-state index is 0. The topological polar surface area (TPSA) is 92.3 Å². The molecule has 3 N–H and O–H groups in total. The molecule has 0 fully saturated rings. The van der Waals surface area contributed by atoms with Gasteiger partial charge in [-0.3, -0.25) is 0 Å². The number of hydrogen-bond donors (Lipinski definition) is 3. The average molecular weight is 443 g/mol. The molecule has 0 aliphatic heterocycles. The van der Waals surface area contributed by atoms with E-state index in [4.69, 9.17) is 9.47 Å². The summed E-state index contributed by atoms with van der Waals surface area (Å²) in [5, 5.41) is 14.5. The number of aromatic amines is 1. The van der Waals surface area contributed by atoms with Crippen LogP contribution in [-0.2, 0) is 0 Å². The largest absolute Gasteiger partial charge is 0.497 e. The van der Waals surface area contributed by atoms with E-state index in [-0.39, 0.29) is 19.0 Å². The van der Waals surface area contributed by atoms with Gasteiger partial charge in [-0.25, -0.2) is 9.97 Å². The number of rotatable bonds is 8. The highest BCUT2D eigenvalue weighted by Crippen LogP contribution is 2.33. The second-order valence-corrected chi connectivity index (χ2v) is 7.53. The number of ether oxygens (including phenoxy) is 2. The van der Waals surface area contributed by atoms with Crippen LogP contribution < -0.4 is 14.8 Å². The van der Waals surface area contributed by atoms with Crippen molar-refractivity contribution in [1.29, 1.82) is 0 Å². The first-order valence-electron chi connectivity index (χ1n) is 10.0. The van der Waals surface area contributed by atoms with E-state index in [0.717, 1.165) is 22.0 Å². The summed E-state index contributed by atoms with van der Waals surface area (Å²) in [7, 11) is 1.61. The van der Waals surface area contributed by atoms with E-state index >= 15 is 0 Å². The number of imidazole rings is 1. The molecule has 0 bridgehead atoms. The molecular weight excluding hydrogens is 416 g/mol. The molecule has 1 atom stereocenters. The van der Waals surface area contributed by atoms with Gasteiger partial charge < -0.3 is 24.9 Å². The SMILES string of the molecule is COc1ccc(-c2nc3nc4ccccc4cc3[nH]2)c(OCC(O)CNC(C)C)c1.Cl. The van der Waals surface area contributed by atoms with E-state index in [2.05, 4.69) is 20.3 Å². The van der Waals surface area contributed by atoms with E-state index in [1.165, 1.54) is 0 Å². The van der Waals surface area contributed by atoms with Gasteiger partial charge in [0, 0.05) is 24.0 Å². The van der Waals surface area contributed by atoms with Gasteiger partial charge in [-0.15, -0.1) is 12.4 Å². The van der Waals surface area contributed by atoms with Crippen LogP contribution in [0.2, 0.25) is 0 Å². The van der Waals surface area contributed by atoms with Crippen molar-refractivity contribution in [2.75, 3.05) is 20.3 Å². The fraction of sp³-hybridized carbons (Fsp3) is 0.304. The molecule has 8 heteroatoms. The molecule has 2 heterocycles. The highest BCUT2D eigenvalue weighted by molar-refractivity contribution is 5.90. The van der Waals surface area contributed by atoms with Crippen molar-refractivity contribution < 1.29 is 14.6 Å². The monoisotopic (exact) mass is 442 g/mol. The molecule has 0 aliphatic carbocycles. The van der Waals surface area contributed by atoms with Crippen molar-refractivity contribution in [3.05, 3.63) is 48.5 Å². The lowest BCUT2D eigenvalue weighted by Crippen LogP contribution is -2.35. The molecular formula is C23H27ClN4O3. The number of aliphatic hydroxyl groups excluding tert-OH is 1. The predicted molar refractivity (Wildman–Crippen MR) is 125 cm³/mol. The first kappa shape index (κ1) is 22.8. The number of nitrogens with zero attached hydrogens (tertiary/aromatic N) is 2. The Balaban J connectivity index is 0.00000272. The molecule has 0 amide bonds. The van der Waals surface area contributed by atoms with Gasteiger partial charge in [0.1, 0.15) is 30.0 Å². The van der Waals surface area contributed by atoms with E-state index in [1.807, 2.05) is 56.3 Å². The number of H-pyrrole nitrogens is 1. The third kappa shape index (κ3) is 5.25. The number of aliphatic hydroxyl groups is 1. The van der Waals surface area contributed by atoms with E-state index < -0.39 is 6.10 Å². The van der Waals surface area contributed by atoms with Crippen molar-refractivity contribution in [2.24, 2.45) is 0 Å². The average Bonchev–Trinajstić information content (AvgIpc) is 3.16. The van der Waals surface area contributed by atoms with Crippen LogP contribution in [-0.4, -0.2) is 52.5 Å². The summed E-state index contributed by atoms with van der Waals surface area (Å²) in [5.41, 5.74) is 3.18. The number of halogens is 1. The van der Waals surface area contributed by atoms with E-state index in [0.29, 0.717) is 35.6 Å². The maximum Gasteiger partial charge on any atom is 0.178 e. The minimum Gasteiger partial charge on any atom is -0.497 e. The molecule has 0 spiro atoms. The van der Waals surface area contributed by atoms with Crippen LogP contribution in [0.25, 0.3) is 33.5 Å². The zero-order chi connectivity index (χ0) is 21.1. The lowest BCUT2D eigenvalue weighted by molar-refractivity contribution is 0.105. The molecule has 2 aromatic heterocycles. The number of fused-ring (bicyclic) bond motifs is 2. The van der Waals surface area contributed by atoms with Crippen molar-refractivity contribution in [1.82, 2.24) is 20.3 Å². The van der Waals surface area contributed by atoms with Gasteiger partial charge in [0.05, 0.1) is 23.7 Å². The first-order valence-corrected chi connectivity index (χ1v) is 10.0. The van der Waals surface area contributed by atoms with E-state index in [9.17, 15) is 5.11 Å². The maximum absolute atomic E-state index is 10.2. The molecule has 7 nitrogen and oxygen atoms in total. The molecule has 2 aromatic carbocycles. The zero-order valence-electron chi connectivity index (χ0n) is 17.8. The van der Waals surface area contributed by atoms with E-state index in [1.54, 1.807) is 13.2 Å². The fourth-order valence-electron chi connectivity index (χ4n) is 3.23. The lowest BCUT2D eigenvalue weighted by atomic mass is 10.2. The third-order valence-electron chi connectivity index (χ3n) is 4.81. The summed E-state index contributed by atoms with van der Waals surface area (Å²) in [5.74, 6) is 1.91. The third-order valence-corrected chi connectivity index (χ3v) is 4.81. The number of aromatic nitrogens is 3. The zero-order valence-corrected chi connectivity index (χ0v) is 18.6. The van der Waals surface area contributed by atoms with Crippen LogP contribution in [0.15, 0.2) is 48.5 Å². The van der Waals surface area contributed by atoms with Gasteiger partial charge in [0.25, 0.3) is 0 Å². The smallest absolute Gasteiger partial charge is 0.178 e. The maximum atomic E-state index is 10.2. The summed E-state index contributed by atoms with van der Waals surface area (Å²) < 4.78 is 11.3. The second-order valence-electron chi connectivity index (χ2n) is 7.53. The molecule has 164 valence electrons. The minimum atomic E-state index is -0.630. The summed E-state index contributed by atoms with van der Waals surface area (Å²) in [6.07, 6.45) is -0.630. The van der Waals surface area contributed by atoms with Gasteiger partial charge in [0.2, 0.25) is 0 Å². The van der Waals surface area contributed by atoms with Crippen molar-refractivity contribution >= 4 is 34.5 Å². The summed E-state index contributed by atoms with van der Waals surface area (Å²) >= 11 is 0. The molecule has 1 unspecified atom stereocenters. The van der Waals surface area contributed by atoms with Gasteiger partial charge in [-0.2, -0.15) is 0 Å². The van der Waals surface area contributed by atoms with Crippen LogP contribution >= 0.6 is 12.4 Å². The van der Waals surface area contributed by atoms with Crippen molar-refractivity contribution in [3.8, 4) is 22.9 Å². The van der Waals surface area contributed by atoms with Crippen LogP contribution in [0.4, 0.5) is 0 Å². The standard InChI is InChI=1S/C23H26N4O3.ClH/c1-14(2)24-12-16(28)13-30-21-11-17(29-3)8-9-18(21)22-26-20-10-15-6-4-5-7-19(15)25-23(20)27-22;/h4-11,14,16,24,28H,12-13H2,1-3H3,(H,25,26,27);1H. The summed E-state index contributed by atoms with van der Waals surface area (Å²) in [4.78, 5) is 12.7. The second kappa shape index (κ2) is 9.96. The molecule has 0 radical (unpaired) electrons. The molecule has 4 aromatic rings. The van der Waals surface area contributed by atoms with Gasteiger partial charge >= 0.3 is 0 Å². The number of hydrogen-bond acceptors (Lipinski definition) is 6. The normalized spacial score (nSPS) is 12.2. The summed E-state index contributed by atoms with van der Waals surface area (Å²) in [6, 6.07) is 15.8. The van der Waals surface area contributed by atoms with Crippen LogP contribution in [0.3, 0.4) is 0 Å². The van der Waals surface area contributed by atoms with Crippen LogP contribution in [0, 0.1) is 0 Å². The highest BCUT2D eigenvalue weighted by Gasteiger charge is 2.15. The Morgan fingerprint density at radius 1 is 1.10 bits per heavy atom. The Morgan fingerprint density at radius 2 is 1.90 bits per heavy atom. The van der Waals surface area contributed by atoms with Crippen LogP contribution in [0.5, 0.6) is 11.5 Å². The molecule has 0 aliphatic rings. The van der Waals surface area contributed by atoms with Gasteiger partial charge in [0.15, 0.2) is 5.65 Å². The van der Waals surface area contributed by atoms with Crippen molar-refractivity contribution in [2.45, 2.75) is 26.0 Å². The van der Waals surface area contributed by atoms with Crippen molar-refractivity contribution in [3.63, 3.8) is 0 Å². The Hall–Kier alpha value is -2.87. The number of methoxy groups -OCH3 is 1. The molecule has 4 rings (SSSR count). The number of nitrogens with one attached hydrogen (secondary N) is 2. The predicted octanol–water partition coefficient (Wildman–Crippen LogP) is 3.95. The Kier molecular flexibility index (Phi) is 7.33. The number of benzene rings is 2. The fourth-order valence-corrected chi connectivity index (χ4v) is 3.23. The molecule has 31 heavy (non-hydrogen) atoms. The lowest BCUT2D eigenvalue weighted by Gasteiger charge is -2.17. The summed E-state index contributed by atoms with van der Waals surface area (Å²) in [6.45, 7) is 4.68. The Morgan fingerprint density at radius 3 is 2.68 bits per heavy atom. The van der Waals surface area contributed by atoms with Gasteiger partial charge in [-0.1, -0.05) is 32.0 Å². The number of para-hydroxylation sites is 1. The van der Waals surface area contributed by atoms with Crippen LogP contribution in [0.1, 0.15) is 13.8 Å².